The van der Waals surface area contributed by atoms with Crippen LogP contribution in [0.15, 0.2) is 60.7 Å². The van der Waals surface area contributed by atoms with Crippen molar-refractivity contribution in [2.45, 2.75) is 148 Å². The molecule has 17 heteroatoms. The van der Waals surface area contributed by atoms with Gasteiger partial charge in [-0.3, -0.25) is 9.36 Å². The van der Waals surface area contributed by atoms with Crippen LogP contribution in [-0.4, -0.2) is 112 Å². The quantitative estimate of drug-likeness (QED) is 0.0418. The Morgan fingerprint density at radius 1 is 0.968 bits per heavy atom. The first-order valence-electron chi connectivity index (χ1n) is 22.2. The number of rotatable bonds is 21. The van der Waals surface area contributed by atoms with Crippen molar-refractivity contribution in [3.63, 3.8) is 0 Å². The van der Waals surface area contributed by atoms with Crippen molar-refractivity contribution in [2.75, 3.05) is 26.9 Å². The molecule has 3 aliphatic heterocycles. The third-order valence-electron chi connectivity index (χ3n) is 12.3. The second kappa shape index (κ2) is 23.5. The lowest BCUT2D eigenvalue weighted by atomic mass is 9.40. The second-order valence-corrected chi connectivity index (χ2v) is 18.1. The average Bonchev–Trinajstić information content (AvgIpc) is 3.63. The lowest BCUT2D eigenvalue weighted by molar-refractivity contribution is -0.352. The third-order valence-corrected chi connectivity index (χ3v) is 12.7. The van der Waals surface area contributed by atoms with E-state index in [0.29, 0.717) is 46.4 Å². The van der Waals surface area contributed by atoms with Crippen molar-refractivity contribution < 1.29 is 61.6 Å². The molecule has 11 atom stereocenters. The van der Waals surface area contributed by atoms with Crippen molar-refractivity contribution in [2.24, 2.45) is 17.8 Å². The zero-order valence-electron chi connectivity index (χ0n) is 37.7. The van der Waals surface area contributed by atoms with Gasteiger partial charge < -0.3 is 47.5 Å². The van der Waals surface area contributed by atoms with E-state index < -0.39 is 60.3 Å². The van der Waals surface area contributed by atoms with Crippen LogP contribution in [0.3, 0.4) is 0 Å². The highest BCUT2D eigenvalue weighted by Crippen LogP contribution is 2.45. The Labute approximate surface area is 370 Å². The number of carbonyl (C=O) groups is 3. The van der Waals surface area contributed by atoms with E-state index in [4.69, 9.17) is 42.6 Å². The Hall–Kier alpha value is -3.36. The molecule has 2 aromatic carbocycles. The van der Waals surface area contributed by atoms with Gasteiger partial charge in [-0.15, -0.1) is 0 Å². The van der Waals surface area contributed by atoms with Crippen LogP contribution in [-0.2, 0) is 69.9 Å². The molecular weight excluding hydrogens is 815 g/mol. The van der Waals surface area contributed by atoms with Crippen molar-refractivity contribution >= 4 is 40.4 Å². The van der Waals surface area contributed by atoms with Crippen molar-refractivity contribution in [3.8, 4) is 0 Å². The van der Waals surface area contributed by atoms with Crippen molar-refractivity contribution in [3.05, 3.63) is 71.8 Å². The van der Waals surface area contributed by atoms with E-state index in [0.717, 1.165) is 17.5 Å². The van der Waals surface area contributed by atoms with Gasteiger partial charge in [-0.05, 0) is 67.8 Å². The van der Waals surface area contributed by atoms with Crippen LogP contribution in [0.25, 0.3) is 0 Å². The number of hydrogen-bond donors (Lipinski definition) is 0. The van der Waals surface area contributed by atoms with Crippen LogP contribution < -0.4 is 0 Å². The van der Waals surface area contributed by atoms with Gasteiger partial charge in [0.1, 0.15) is 26.0 Å². The Kier molecular flexibility index (Phi) is 18.8. The summed E-state index contributed by atoms with van der Waals surface area (Å²) < 4.78 is 67.8. The molecule has 0 N–H and O–H groups in total. The first-order valence-corrected chi connectivity index (χ1v) is 23.2. The Morgan fingerprint density at radius 2 is 1.66 bits per heavy atom. The van der Waals surface area contributed by atoms with E-state index in [9.17, 15) is 18.9 Å². The Balaban J connectivity index is 1.29. The summed E-state index contributed by atoms with van der Waals surface area (Å²) in [6.45, 7) is 15.0. The fraction of sp³-hybridized carbons (Fsp3) is 0.667. The lowest BCUT2D eigenvalue weighted by Crippen LogP contribution is -2.63. The average molecular weight is 882 g/mol. The summed E-state index contributed by atoms with van der Waals surface area (Å²) in [4.78, 5) is 41.3. The predicted molar refractivity (Wildman–Crippen MR) is 235 cm³/mol. The minimum absolute atomic E-state index is 0.0282. The maximum absolute atomic E-state index is 13.8. The molecule has 0 saturated carbocycles. The van der Waals surface area contributed by atoms with Gasteiger partial charge in [0.15, 0.2) is 18.2 Å². The van der Waals surface area contributed by atoms with E-state index in [1.807, 2.05) is 88.4 Å². The number of ether oxygens (including phenoxy) is 9. The summed E-state index contributed by atoms with van der Waals surface area (Å²) in [5, 5.41) is 0. The largest absolute Gasteiger partial charge is 0.465 e. The number of benzene rings is 2. The third kappa shape index (κ3) is 13.3. The zero-order valence-corrected chi connectivity index (χ0v) is 38.6. The number of carbonyl (C=O) groups excluding carboxylic acids is 3. The number of esters is 2. The van der Waals surface area contributed by atoms with Crippen LogP contribution >= 0.6 is 8.34 Å². The maximum atomic E-state index is 13.8. The fourth-order valence-corrected chi connectivity index (χ4v) is 9.25. The highest BCUT2D eigenvalue weighted by Gasteiger charge is 2.58. The maximum Gasteiger partial charge on any atom is 0.410 e. The van der Waals surface area contributed by atoms with Gasteiger partial charge >= 0.3 is 18.0 Å². The molecule has 1 amide bonds. The van der Waals surface area contributed by atoms with Crippen LogP contribution in [0.4, 0.5) is 4.79 Å². The van der Waals surface area contributed by atoms with Crippen LogP contribution in [0, 0.1) is 17.8 Å². The molecule has 0 spiro atoms. The van der Waals surface area contributed by atoms with E-state index >= 15 is 0 Å². The molecule has 2 aromatic rings. The van der Waals surface area contributed by atoms with Gasteiger partial charge in [0, 0.05) is 26.4 Å². The molecule has 0 radical (unpaired) electrons. The number of unbranched alkanes of at least 4 members (excludes halogenated alkanes) is 2. The summed E-state index contributed by atoms with van der Waals surface area (Å²) in [6.07, 6.45) is -1.77. The van der Waals surface area contributed by atoms with Crippen LogP contribution in [0.2, 0.25) is 5.82 Å². The summed E-state index contributed by atoms with van der Waals surface area (Å²) in [5.41, 5.74) is 1.90. The van der Waals surface area contributed by atoms with Crippen LogP contribution in [0.5, 0.6) is 0 Å². The summed E-state index contributed by atoms with van der Waals surface area (Å²) in [6, 6.07) is 19.4. The molecule has 14 nitrogen and oxygen atoms in total. The molecule has 3 heterocycles. The summed E-state index contributed by atoms with van der Waals surface area (Å²) in [7, 11) is 1.98. The lowest BCUT2D eigenvalue weighted by Gasteiger charge is -2.51. The Morgan fingerprint density at radius 3 is 2.27 bits per heavy atom. The number of nitrogens with zero attached hydrogens (tertiary/aromatic N) is 1. The zero-order chi connectivity index (χ0) is 44.9. The molecule has 3 saturated heterocycles. The first kappa shape index (κ1) is 49.7. The highest BCUT2D eigenvalue weighted by molar-refractivity contribution is 7.71. The molecule has 340 valence electrons. The molecule has 3 aliphatic rings. The SMILES string of the molecule is CC[C@H](C)C1O[C@H](O[C@H]2C([C@H]3COC(C)(C)O3)O[C@@](OCCCCCN(Cc3ccccc3)C(=O)OCc3ccccc3)(C(=O)OC)C[C@H]2C)C(OC(C)=O)[C@@H](C)[C@@H]1BBP=O. The number of hydrogen-bond acceptors (Lipinski definition) is 13. The van der Waals surface area contributed by atoms with Crippen LogP contribution in [0.1, 0.15) is 91.7 Å². The standard InChI is InChI=1S/C45H66B2NO13P/c1-9-29(2)37-36(46-47-62-52)31(4)39(57-32(5)49)41(58-37)59-38-30(3)25-45(42(50)53-8,61-40(38)35-28-56-44(6,7)60-35)55-24-18-12-17-23-48(26-33-19-13-10-14-20-33)43(51)54-27-34-21-15-11-16-22-34/h10-11,13-16,19-22,29-31,35-41,46-47H,9,12,17-18,23-28H2,1-8H3/t29-,30+,31-,35+,36-,37?,38+,39?,40?,41+,45+/m0/s1. The smallest absolute Gasteiger partial charge is 0.410 e. The normalized spacial score (nSPS) is 29.9. The van der Waals surface area contributed by atoms with E-state index in [-0.39, 0.29) is 64.3 Å². The molecule has 62 heavy (non-hydrogen) atoms. The van der Waals surface area contributed by atoms with E-state index in [2.05, 4.69) is 13.8 Å². The van der Waals surface area contributed by atoms with Gasteiger partial charge in [0.2, 0.25) is 6.89 Å². The second-order valence-electron chi connectivity index (χ2n) is 17.4. The predicted octanol–water partition coefficient (Wildman–Crippen LogP) is 6.97. The summed E-state index contributed by atoms with van der Waals surface area (Å²) in [5.74, 6) is -4.30. The topological polar surface area (TPSA) is 155 Å². The summed E-state index contributed by atoms with van der Waals surface area (Å²) >= 11 is 0. The number of amides is 1. The Bertz CT molecular complexity index is 1730. The molecular formula is C45H66B2NO13P. The van der Waals surface area contributed by atoms with Crippen molar-refractivity contribution in [1.82, 2.24) is 4.90 Å². The monoisotopic (exact) mass is 881 g/mol. The van der Waals surface area contributed by atoms with Gasteiger partial charge in [-0.1, -0.05) is 94.8 Å². The molecule has 0 aliphatic carbocycles. The fourth-order valence-electron chi connectivity index (χ4n) is 8.84. The van der Waals surface area contributed by atoms with E-state index in [1.54, 1.807) is 4.90 Å². The minimum Gasteiger partial charge on any atom is -0.465 e. The molecule has 5 rings (SSSR count). The minimum atomic E-state index is -1.78. The molecule has 3 unspecified atom stereocenters. The number of methoxy groups -OCH3 is 1. The molecule has 3 fully saturated rings. The van der Waals surface area contributed by atoms with E-state index in [1.165, 1.54) is 14.0 Å². The molecule has 0 bridgehead atoms. The van der Waals surface area contributed by atoms with Gasteiger partial charge in [0.05, 0.1) is 40.9 Å². The highest BCUT2D eigenvalue weighted by atomic mass is 31.1. The molecule has 0 aromatic heterocycles. The van der Waals surface area contributed by atoms with Gasteiger partial charge in [-0.25, -0.2) is 9.59 Å². The first-order chi connectivity index (χ1) is 29.7. The van der Waals surface area contributed by atoms with Gasteiger partial charge in [-0.2, -0.15) is 0 Å². The van der Waals surface area contributed by atoms with Gasteiger partial charge in [0.25, 0.3) is 5.79 Å². The van der Waals surface area contributed by atoms with Crippen molar-refractivity contribution in [1.29, 1.82) is 0 Å².